The van der Waals surface area contributed by atoms with Crippen molar-refractivity contribution in [1.29, 1.82) is 0 Å². The first-order valence-corrected chi connectivity index (χ1v) is 5.29. The molecule has 0 saturated heterocycles. The molecule has 0 aliphatic carbocycles. The van der Waals surface area contributed by atoms with Gasteiger partial charge >= 0.3 is 5.97 Å². The summed E-state index contributed by atoms with van der Waals surface area (Å²) in [4.78, 5) is 32.7. The molecule has 0 radical (unpaired) electrons. The van der Waals surface area contributed by atoms with Crippen LogP contribution in [0.2, 0.25) is 0 Å². The minimum Gasteiger partial charge on any atom is -0.478 e. The van der Waals surface area contributed by atoms with Gasteiger partial charge in [0.15, 0.2) is 0 Å². The third-order valence-corrected chi connectivity index (χ3v) is 2.36. The van der Waals surface area contributed by atoms with Gasteiger partial charge in [0.25, 0.3) is 0 Å². The number of hydrogen-bond donors (Lipinski definition) is 3. The zero-order valence-electron chi connectivity index (χ0n) is 9.84. The zero-order valence-corrected chi connectivity index (χ0v) is 9.84. The van der Waals surface area contributed by atoms with E-state index in [1.807, 2.05) is 0 Å². The van der Waals surface area contributed by atoms with E-state index in [4.69, 9.17) is 10.8 Å². The van der Waals surface area contributed by atoms with Crippen LogP contribution in [-0.4, -0.2) is 28.9 Å². The molecule has 1 atom stereocenters. The Balaban J connectivity index is 2.78. The van der Waals surface area contributed by atoms with Gasteiger partial charge in [0.05, 0.1) is 5.56 Å². The molecule has 6 heteroatoms. The van der Waals surface area contributed by atoms with Gasteiger partial charge in [0.1, 0.15) is 6.04 Å². The lowest BCUT2D eigenvalue weighted by Crippen LogP contribution is -2.44. The first-order valence-electron chi connectivity index (χ1n) is 5.29. The number of primary amides is 1. The Morgan fingerprint density at radius 1 is 1.28 bits per heavy atom. The zero-order chi connectivity index (χ0) is 13.7. The molecular weight excluding hydrogens is 236 g/mol. The van der Waals surface area contributed by atoms with Crippen molar-refractivity contribution in [2.75, 3.05) is 0 Å². The van der Waals surface area contributed by atoms with Crippen LogP contribution in [-0.2, 0) is 16.0 Å². The second kappa shape index (κ2) is 5.81. The van der Waals surface area contributed by atoms with Gasteiger partial charge < -0.3 is 16.2 Å². The Labute approximate surface area is 104 Å². The summed E-state index contributed by atoms with van der Waals surface area (Å²) in [6, 6.07) is 5.24. The molecule has 1 rings (SSSR count). The van der Waals surface area contributed by atoms with E-state index in [1.54, 1.807) is 12.1 Å². The van der Waals surface area contributed by atoms with Gasteiger partial charge in [-0.05, 0) is 17.7 Å². The monoisotopic (exact) mass is 250 g/mol. The van der Waals surface area contributed by atoms with E-state index in [-0.39, 0.29) is 17.9 Å². The maximum absolute atomic E-state index is 11.1. The van der Waals surface area contributed by atoms with Crippen molar-refractivity contribution in [3.05, 3.63) is 35.4 Å². The Bertz CT molecular complexity index is 467. The van der Waals surface area contributed by atoms with E-state index in [0.29, 0.717) is 0 Å². The molecule has 0 bridgehead atoms. The van der Waals surface area contributed by atoms with Crippen LogP contribution in [0.3, 0.4) is 0 Å². The number of carboxylic acid groups (broad SMARTS) is 1. The molecule has 18 heavy (non-hydrogen) atoms. The standard InChI is InChI=1S/C12H14N2O4/c1-7(15)14-10(11(13)16)6-8-2-4-9(5-3-8)12(17)18/h2-5,10H,6H2,1H3,(H2,13,16)(H,14,15)(H,17,18)/t10-/m1/s1. The Hall–Kier alpha value is -2.37. The second-order valence-electron chi connectivity index (χ2n) is 3.86. The van der Waals surface area contributed by atoms with Crippen molar-refractivity contribution in [3.63, 3.8) is 0 Å². The van der Waals surface area contributed by atoms with Crippen molar-refractivity contribution in [2.24, 2.45) is 5.73 Å². The summed E-state index contributed by atoms with van der Waals surface area (Å²) in [6.07, 6.45) is 0.231. The maximum atomic E-state index is 11.1. The Kier molecular flexibility index (Phi) is 4.42. The molecule has 0 unspecified atom stereocenters. The van der Waals surface area contributed by atoms with Crippen LogP contribution in [0.5, 0.6) is 0 Å². The molecule has 0 aliphatic rings. The Morgan fingerprint density at radius 2 is 1.83 bits per heavy atom. The van der Waals surface area contributed by atoms with Gasteiger partial charge in [-0.2, -0.15) is 0 Å². The van der Waals surface area contributed by atoms with Crippen molar-refractivity contribution in [3.8, 4) is 0 Å². The smallest absolute Gasteiger partial charge is 0.335 e. The molecule has 0 aromatic heterocycles. The van der Waals surface area contributed by atoms with Gasteiger partial charge in [-0.15, -0.1) is 0 Å². The van der Waals surface area contributed by atoms with E-state index in [0.717, 1.165) is 5.56 Å². The van der Waals surface area contributed by atoms with E-state index < -0.39 is 17.9 Å². The van der Waals surface area contributed by atoms with Gasteiger partial charge in [-0.1, -0.05) is 12.1 Å². The van der Waals surface area contributed by atoms with Crippen LogP contribution in [0.25, 0.3) is 0 Å². The number of nitrogens with two attached hydrogens (primary N) is 1. The normalized spacial score (nSPS) is 11.6. The van der Waals surface area contributed by atoms with Gasteiger partial charge in [0.2, 0.25) is 11.8 Å². The lowest BCUT2D eigenvalue weighted by Gasteiger charge is -2.14. The summed E-state index contributed by atoms with van der Waals surface area (Å²) in [5.41, 5.74) is 6.04. The van der Waals surface area contributed by atoms with E-state index >= 15 is 0 Å². The average molecular weight is 250 g/mol. The van der Waals surface area contributed by atoms with E-state index in [1.165, 1.54) is 19.1 Å². The molecule has 0 spiro atoms. The second-order valence-corrected chi connectivity index (χ2v) is 3.86. The summed E-state index contributed by atoms with van der Waals surface area (Å²) >= 11 is 0. The highest BCUT2D eigenvalue weighted by Crippen LogP contribution is 2.07. The summed E-state index contributed by atoms with van der Waals surface area (Å²) in [5.74, 6) is -2.00. The number of carbonyl (C=O) groups is 3. The fraction of sp³-hybridized carbons (Fsp3) is 0.250. The number of hydrogen-bond acceptors (Lipinski definition) is 3. The molecule has 1 aromatic carbocycles. The summed E-state index contributed by atoms with van der Waals surface area (Å²) < 4.78 is 0. The highest BCUT2D eigenvalue weighted by atomic mass is 16.4. The molecule has 0 saturated carbocycles. The number of carbonyl (C=O) groups excluding carboxylic acids is 2. The lowest BCUT2D eigenvalue weighted by atomic mass is 10.0. The highest BCUT2D eigenvalue weighted by Gasteiger charge is 2.16. The number of rotatable bonds is 5. The number of benzene rings is 1. The fourth-order valence-corrected chi connectivity index (χ4v) is 1.49. The molecule has 4 N–H and O–H groups in total. The largest absolute Gasteiger partial charge is 0.478 e. The lowest BCUT2D eigenvalue weighted by molar-refractivity contribution is -0.126. The first kappa shape index (κ1) is 13.7. The predicted octanol–water partition coefficient (Wildman–Crippen LogP) is -0.0827. The molecule has 1 aromatic rings. The fourth-order valence-electron chi connectivity index (χ4n) is 1.49. The average Bonchev–Trinajstić information content (AvgIpc) is 2.28. The Morgan fingerprint density at radius 3 is 2.22 bits per heavy atom. The van der Waals surface area contributed by atoms with Crippen LogP contribution in [0.1, 0.15) is 22.8 Å². The molecule has 96 valence electrons. The van der Waals surface area contributed by atoms with E-state index in [2.05, 4.69) is 5.32 Å². The topological polar surface area (TPSA) is 109 Å². The minimum absolute atomic E-state index is 0.161. The number of nitrogens with one attached hydrogen (secondary N) is 1. The number of amides is 2. The van der Waals surface area contributed by atoms with Crippen molar-refractivity contribution >= 4 is 17.8 Å². The first-order chi connectivity index (χ1) is 8.40. The van der Waals surface area contributed by atoms with Gasteiger partial charge in [-0.25, -0.2) is 4.79 Å². The third-order valence-electron chi connectivity index (χ3n) is 2.36. The summed E-state index contributed by atoms with van der Waals surface area (Å²) in [6.45, 7) is 1.30. The molecule has 2 amide bonds. The highest BCUT2D eigenvalue weighted by molar-refractivity contribution is 5.88. The van der Waals surface area contributed by atoms with Gasteiger partial charge in [0, 0.05) is 13.3 Å². The van der Waals surface area contributed by atoms with Crippen LogP contribution in [0, 0.1) is 0 Å². The van der Waals surface area contributed by atoms with Crippen LogP contribution in [0.4, 0.5) is 0 Å². The molecule has 6 nitrogen and oxygen atoms in total. The van der Waals surface area contributed by atoms with Crippen LogP contribution in [0.15, 0.2) is 24.3 Å². The third kappa shape index (κ3) is 3.89. The maximum Gasteiger partial charge on any atom is 0.335 e. The molecule has 0 heterocycles. The molecule has 0 aliphatic heterocycles. The summed E-state index contributed by atoms with van der Waals surface area (Å²) in [5, 5.41) is 11.2. The quantitative estimate of drug-likeness (QED) is 0.678. The van der Waals surface area contributed by atoms with Crippen molar-refractivity contribution in [2.45, 2.75) is 19.4 Å². The SMILES string of the molecule is CC(=O)N[C@H](Cc1ccc(C(=O)O)cc1)C(N)=O. The number of carboxylic acids is 1. The molecular formula is C12H14N2O4. The van der Waals surface area contributed by atoms with Crippen molar-refractivity contribution < 1.29 is 19.5 Å². The van der Waals surface area contributed by atoms with Gasteiger partial charge in [-0.3, -0.25) is 9.59 Å². The van der Waals surface area contributed by atoms with Crippen molar-refractivity contribution in [1.82, 2.24) is 5.32 Å². The van der Waals surface area contributed by atoms with Crippen LogP contribution >= 0.6 is 0 Å². The number of aromatic carboxylic acids is 1. The molecule has 0 fully saturated rings. The summed E-state index contributed by atoms with van der Waals surface area (Å²) in [7, 11) is 0. The predicted molar refractivity (Wildman–Crippen MR) is 63.9 cm³/mol. The minimum atomic E-state index is -1.02. The van der Waals surface area contributed by atoms with Crippen LogP contribution < -0.4 is 11.1 Å². The van der Waals surface area contributed by atoms with E-state index in [9.17, 15) is 14.4 Å².